The van der Waals surface area contributed by atoms with Crippen molar-refractivity contribution in [2.75, 3.05) is 18.5 Å². The fourth-order valence-electron chi connectivity index (χ4n) is 0.795. The molecule has 0 aromatic carbocycles. The van der Waals surface area contributed by atoms with E-state index in [1.54, 1.807) is 0 Å². The highest BCUT2D eigenvalue weighted by molar-refractivity contribution is 5.35. The molecule has 1 heterocycles. The van der Waals surface area contributed by atoms with Crippen molar-refractivity contribution >= 4 is 5.82 Å². The first-order chi connectivity index (χ1) is 6.24. The molecular formula is C8H11FN2O2. The molecule has 0 bridgehead atoms. The molecule has 1 aromatic rings. The number of pyridine rings is 1. The first-order valence-corrected chi connectivity index (χ1v) is 3.87. The van der Waals surface area contributed by atoms with Crippen molar-refractivity contribution in [1.29, 1.82) is 0 Å². The summed E-state index contributed by atoms with van der Waals surface area (Å²) in [4.78, 5) is 3.71. The summed E-state index contributed by atoms with van der Waals surface area (Å²) in [7, 11) is 0. The molecule has 1 aromatic heterocycles. The van der Waals surface area contributed by atoms with Crippen LogP contribution in [0, 0.1) is 5.82 Å². The van der Waals surface area contributed by atoms with Crippen LogP contribution in [0.2, 0.25) is 0 Å². The van der Waals surface area contributed by atoms with Gasteiger partial charge in [0.15, 0.2) is 11.6 Å². The van der Waals surface area contributed by atoms with Gasteiger partial charge in [0.2, 0.25) is 0 Å². The van der Waals surface area contributed by atoms with Crippen LogP contribution in [0.1, 0.15) is 0 Å². The second-order valence-electron chi connectivity index (χ2n) is 2.55. The minimum atomic E-state index is -0.901. The van der Waals surface area contributed by atoms with Crippen LogP contribution in [-0.4, -0.2) is 34.5 Å². The number of nitrogens with one attached hydrogen (secondary N) is 1. The van der Waals surface area contributed by atoms with Gasteiger partial charge < -0.3 is 15.5 Å². The molecule has 1 unspecified atom stereocenters. The number of anilines is 1. The standard InChI is InChI=1S/C8H11FN2O2/c9-7-2-1-3-10-8(7)11-4-6(13)5-12/h1-3,6,12-13H,4-5H2,(H,10,11). The van der Waals surface area contributed by atoms with Gasteiger partial charge in [0.25, 0.3) is 0 Å². The topological polar surface area (TPSA) is 65.4 Å². The summed E-state index contributed by atoms with van der Waals surface area (Å²) in [6, 6.07) is 2.74. The van der Waals surface area contributed by atoms with Crippen molar-refractivity contribution in [2.45, 2.75) is 6.10 Å². The Hall–Kier alpha value is -1.20. The largest absolute Gasteiger partial charge is 0.394 e. The smallest absolute Gasteiger partial charge is 0.165 e. The molecule has 0 spiro atoms. The quantitative estimate of drug-likeness (QED) is 0.618. The van der Waals surface area contributed by atoms with E-state index in [2.05, 4.69) is 10.3 Å². The van der Waals surface area contributed by atoms with Crippen LogP contribution in [0.4, 0.5) is 10.2 Å². The van der Waals surface area contributed by atoms with Crippen LogP contribution in [0.15, 0.2) is 18.3 Å². The third kappa shape index (κ3) is 2.96. The Morgan fingerprint density at radius 2 is 2.38 bits per heavy atom. The van der Waals surface area contributed by atoms with Gasteiger partial charge in [-0.05, 0) is 12.1 Å². The summed E-state index contributed by atoms with van der Waals surface area (Å²) in [6.07, 6.45) is 0.540. The van der Waals surface area contributed by atoms with Crippen LogP contribution in [-0.2, 0) is 0 Å². The molecule has 3 N–H and O–H groups in total. The van der Waals surface area contributed by atoms with Gasteiger partial charge in [-0.2, -0.15) is 0 Å². The summed E-state index contributed by atoms with van der Waals surface area (Å²) in [5.74, 6) is -0.400. The highest BCUT2D eigenvalue weighted by Crippen LogP contribution is 2.07. The van der Waals surface area contributed by atoms with Crippen molar-refractivity contribution < 1.29 is 14.6 Å². The second kappa shape index (κ2) is 4.74. The first kappa shape index (κ1) is 9.88. The van der Waals surface area contributed by atoms with Crippen LogP contribution < -0.4 is 5.32 Å². The highest BCUT2D eigenvalue weighted by Gasteiger charge is 2.04. The summed E-state index contributed by atoms with van der Waals surface area (Å²) in [5.41, 5.74) is 0. The monoisotopic (exact) mass is 186 g/mol. The fraction of sp³-hybridized carbons (Fsp3) is 0.375. The number of aromatic nitrogens is 1. The number of aliphatic hydroxyl groups excluding tert-OH is 2. The zero-order valence-corrected chi connectivity index (χ0v) is 6.94. The summed E-state index contributed by atoms with van der Waals surface area (Å²) in [6.45, 7) is -0.286. The Morgan fingerprint density at radius 1 is 1.62 bits per heavy atom. The second-order valence-corrected chi connectivity index (χ2v) is 2.55. The molecule has 0 aliphatic heterocycles. The van der Waals surface area contributed by atoms with Gasteiger partial charge in [-0.25, -0.2) is 9.37 Å². The van der Waals surface area contributed by atoms with E-state index in [-0.39, 0.29) is 19.0 Å². The summed E-state index contributed by atoms with van der Waals surface area (Å²) < 4.78 is 12.9. The SMILES string of the molecule is OCC(O)CNc1ncccc1F. The van der Waals surface area contributed by atoms with E-state index < -0.39 is 11.9 Å². The first-order valence-electron chi connectivity index (χ1n) is 3.87. The third-order valence-electron chi connectivity index (χ3n) is 1.47. The predicted molar refractivity (Wildman–Crippen MR) is 45.8 cm³/mol. The molecule has 0 fully saturated rings. The van der Waals surface area contributed by atoms with Crippen LogP contribution in [0.5, 0.6) is 0 Å². The molecule has 1 atom stereocenters. The summed E-state index contributed by atoms with van der Waals surface area (Å²) >= 11 is 0. The number of hydrogen-bond acceptors (Lipinski definition) is 4. The highest BCUT2D eigenvalue weighted by atomic mass is 19.1. The van der Waals surface area contributed by atoms with Crippen molar-refractivity contribution in [3.8, 4) is 0 Å². The van der Waals surface area contributed by atoms with Crippen molar-refractivity contribution in [3.05, 3.63) is 24.1 Å². The van der Waals surface area contributed by atoms with Gasteiger partial charge in [0.05, 0.1) is 12.7 Å². The number of nitrogens with zero attached hydrogens (tertiary/aromatic N) is 1. The fourth-order valence-corrected chi connectivity index (χ4v) is 0.795. The number of hydrogen-bond donors (Lipinski definition) is 3. The van der Waals surface area contributed by atoms with E-state index >= 15 is 0 Å². The molecule has 13 heavy (non-hydrogen) atoms. The van der Waals surface area contributed by atoms with Gasteiger partial charge in [-0.1, -0.05) is 0 Å². The minimum absolute atomic E-state index is 0.0738. The van der Waals surface area contributed by atoms with E-state index in [9.17, 15) is 4.39 Å². The number of halogens is 1. The molecule has 0 amide bonds. The molecule has 72 valence electrons. The zero-order valence-electron chi connectivity index (χ0n) is 6.94. The minimum Gasteiger partial charge on any atom is -0.394 e. The van der Waals surface area contributed by atoms with E-state index in [4.69, 9.17) is 10.2 Å². The lowest BCUT2D eigenvalue weighted by Gasteiger charge is -2.09. The zero-order chi connectivity index (χ0) is 9.68. The molecule has 0 aliphatic carbocycles. The van der Waals surface area contributed by atoms with E-state index in [0.717, 1.165) is 0 Å². The Labute approximate surface area is 75.0 Å². The van der Waals surface area contributed by atoms with E-state index in [0.29, 0.717) is 0 Å². The number of rotatable bonds is 4. The average Bonchev–Trinajstić information content (AvgIpc) is 2.16. The molecule has 5 heteroatoms. The van der Waals surface area contributed by atoms with Gasteiger partial charge in [-0.3, -0.25) is 0 Å². The third-order valence-corrected chi connectivity index (χ3v) is 1.47. The van der Waals surface area contributed by atoms with Crippen LogP contribution in [0.3, 0.4) is 0 Å². The van der Waals surface area contributed by atoms with Crippen molar-refractivity contribution in [1.82, 2.24) is 4.98 Å². The maximum absolute atomic E-state index is 12.9. The lowest BCUT2D eigenvalue weighted by Crippen LogP contribution is -2.23. The van der Waals surface area contributed by atoms with Gasteiger partial charge in [0.1, 0.15) is 0 Å². The predicted octanol–water partition coefficient (Wildman–Crippen LogP) is -0.0142. The molecular weight excluding hydrogens is 175 g/mol. The number of aliphatic hydroxyl groups is 2. The van der Waals surface area contributed by atoms with Gasteiger partial charge >= 0.3 is 0 Å². The van der Waals surface area contributed by atoms with Crippen LogP contribution >= 0.6 is 0 Å². The Morgan fingerprint density at radius 3 is 3.00 bits per heavy atom. The Balaban J connectivity index is 2.50. The van der Waals surface area contributed by atoms with Crippen molar-refractivity contribution in [3.63, 3.8) is 0 Å². The van der Waals surface area contributed by atoms with Crippen molar-refractivity contribution in [2.24, 2.45) is 0 Å². The molecule has 0 aliphatic rings. The van der Waals surface area contributed by atoms with Crippen LogP contribution in [0.25, 0.3) is 0 Å². The molecule has 0 saturated heterocycles. The molecule has 0 radical (unpaired) electrons. The Bertz CT molecular complexity index is 270. The van der Waals surface area contributed by atoms with E-state index in [1.807, 2.05) is 0 Å². The van der Waals surface area contributed by atoms with Gasteiger partial charge in [-0.15, -0.1) is 0 Å². The maximum Gasteiger partial charge on any atom is 0.165 e. The van der Waals surface area contributed by atoms with Gasteiger partial charge in [0, 0.05) is 12.7 Å². The Kier molecular flexibility index (Phi) is 3.60. The molecule has 4 nitrogen and oxygen atoms in total. The normalized spacial score (nSPS) is 12.5. The molecule has 0 saturated carbocycles. The lowest BCUT2D eigenvalue weighted by molar-refractivity contribution is 0.105. The summed E-state index contributed by atoms with van der Waals surface area (Å²) in [5, 5.41) is 20.0. The maximum atomic E-state index is 12.9. The average molecular weight is 186 g/mol. The lowest BCUT2D eigenvalue weighted by atomic mass is 10.3. The van der Waals surface area contributed by atoms with E-state index in [1.165, 1.54) is 18.3 Å². The molecule has 1 rings (SSSR count).